The number of carbonyl (C=O) groups is 1. The molecule has 1 aromatic heterocycles. The van der Waals surface area contributed by atoms with Crippen molar-refractivity contribution in [1.29, 1.82) is 0 Å². The maximum absolute atomic E-state index is 12.2. The van der Waals surface area contributed by atoms with Crippen LogP contribution in [0.15, 0.2) is 40.6 Å². The van der Waals surface area contributed by atoms with E-state index in [0.717, 1.165) is 11.3 Å². The molecule has 0 spiro atoms. The van der Waals surface area contributed by atoms with Gasteiger partial charge in [-0.2, -0.15) is 0 Å². The molecular weight excluding hydrogens is 284 g/mol. The van der Waals surface area contributed by atoms with Crippen LogP contribution in [0.3, 0.4) is 0 Å². The van der Waals surface area contributed by atoms with Gasteiger partial charge in [-0.3, -0.25) is 4.21 Å². The molecule has 6 heteroatoms. The van der Waals surface area contributed by atoms with Gasteiger partial charge in [0.2, 0.25) is 0 Å². The molecule has 0 aliphatic carbocycles. The van der Waals surface area contributed by atoms with Crippen molar-refractivity contribution in [3.63, 3.8) is 0 Å². The number of ether oxygens (including phenoxy) is 1. The number of thiophene rings is 1. The van der Waals surface area contributed by atoms with Crippen molar-refractivity contribution < 1.29 is 18.8 Å². The number of methoxy groups -OCH3 is 1. The molecule has 1 unspecified atom stereocenters. The lowest BCUT2D eigenvalue weighted by atomic mass is 10.3. The molecule has 0 amide bonds. The fourth-order valence-electron chi connectivity index (χ4n) is 1.59. The lowest BCUT2D eigenvalue weighted by Crippen LogP contribution is -2.01. The Hall–Kier alpha value is -1.66. The number of rotatable bonds is 5. The molecule has 0 bridgehead atoms. The lowest BCUT2D eigenvalue weighted by molar-refractivity contribution is 0.0701. The zero-order valence-electron chi connectivity index (χ0n) is 10.2. The van der Waals surface area contributed by atoms with Crippen LogP contribution in [0.5, 0.6) is 5.75 Å². The standard InChI is InChI=1S/C13H12O4S2/c1-17-10-2-4-11(5-3-10)19(16)8-9-6-7-18-12(9)13(14)15/h2-7H,8H2,1H3,(H,14,15). The third-order valence-electron chi connectivity index (χ3n) is 2.55. The highest BCUT2D eigenvalue weighted by molar-refractivity contribution is 7.84. The Bertz CT molecular complexity index is 601. The molecule has 0 fully saturated rings. The van der Waals surface area contributed by atoms with Gasteiger partial charge in [0, 0.05) is 4.90 Å². The van der Waals surface area contributed by atoms with Gasteiger partial charge in [-0.15, -0.1) is 11.3 Å². The zero-order chi connectivity index (χ0) is 13.8. The van der Waals surface area contributed by atoms with E-state index >= 15 is 0 Å². The van der Waals surface area contributed by atoms with Crippen LogP contribution in [0.2, 0.25) is 0 Å². The molecule has 1 atom stereocenters. The molecule has 2 aromatic rings. The quantitative estimate of drug-likeness (QED) is 0.921. The summed E-state index contributed by atoms with van der Waals surface area (Å²) in [6.45, 7) is 0. The van der Waals surface area contributed by atoms with Crippen molar-refractivity contribution in [3.8, 4) is 5.75 Å². The summed E-state index contributed by atoms with van der Waals surface area (Å²) >= 11 is 1.15. The molecule has 0 aliphatic rings. The Morgan fingerprint density at radius 2 is 2.00 bits per heavy atom. The van der Waals surface area contributed by atoms with E-state index in [2.05, 4.69) is 0 Å². The molecular formula is C13H12O4S2. The van der Waals surface area contributed by atoms with E-state index in [1.165, 1.54) is 0 Å². The third-order valence-corrected chi connectivity index (χ3v) is 4.87. The summed E-state index contributed by atoms with van der Waals surface area (Å²) in [6, 6.07) is 8.62. The van der Waals surface area contributed by atoms with Crippen LogP contribution < -0.4 is 4.74 Å². The highest BCUT2D eigenvalue weighted by Gasteiger charge is 2.14. The average molecular weight is 296 g/mol. The van der Waals surface area contributed by atoms with Crippen LogP contribution in [0.25, 0.3) is 0 Å². The Balaban J connectivity index is 2.16. The Morgan fingerprint density at radius 3 is 2.58 bits per heavy atom. The van der Waals surface area contributed by atoms with Crippen molar-refractivity contribution >= 4 is 28.1 Å². The van der Waals surface area contributed by atoms with E-state index in [-0.39, 0.29) is 10.6 Å². The minimum absolute atomic E-state index is 0.206. The number of benzene rings is 1. The van der Waals surface area contributed by atoms with Crippen LogP contribution in [0.1, 0.15) is 15.2 Å². The van der Waals surface area contributed by atoms with Crippen LogP contribution in [-0.2, 0) is 16.6 Å². The summed E-state index contributed by atoms with van der Waals surface area (Å²) in [5.41, 5.74) is 0.603. The smallest absolute Gasteiger partial charge is 0.346 e. The number of hydrogen-bond donors (Lipinski definition) is 1. The first-order valence-corrected chi connectivity index (χ1v) is 7.63. The van der Waals surface area contributed by atoms with E-state index in [1.54, 1.807) is 42.8 Å². The second-order valence-corrected chi connectivity index (χ2v) is 6.11. The molecule has 19 heavy (non-hydrogen) atoms. The van der Waals surface area contributed by atoms with Gasteiger partial charge in [-0.25, -0.2) is 4.79 Å². The number of carboxylic acid groups (broad SMARTS) is 1. The SMILES string of the molecule is COc1ccc(S(=O)Cc2ccsc2C(=O)O)cc1. The molecule has 2 rings (SSSR count). The second kappa shape index (κ2) is 5.99. The fraction of sp³-hybridized carbons (Fsp3) is 0.154. The largest absolute Gasteiger partial charge is 0.497 e. The fourth-order valence-corrected chi connectivity index (χ4v) is 3.57. The zero-order valence-corrected chi connectivity index (χ0v) is 11.8. The van der Waals surface area contributed by atoms with Gasteiger partial charge >= 0.3 is 5.97 Å². The summed E-state index contributed by atoms with van der Waals surface area (Å²) < 4.78 is 17.2. The predicted molar refractivity (Wildman–Crippen MR) is 74.4 cm³/mol. The third kappa shape index (κ3) is 3.21. The van der Waals surface area contributed by atoms with Crippen LogP contribution in [-0.4, -0.2) is 22.4 Å². The first kappa shape index (κ1) is 13.8. The summed E-state index contributed by atoms with van der Waals surface area (Å²) in [4.78, 5) is 11.9. The monoisotopic (exact) mass is 296 g/mol. The predicted octanol–water partition coefficient (Wildman–Crippen LogP) is 2.76. The minimum atomic E-state index is -1.26. The topological polar surface area (TPSA) is 63.6 Å². The first-order chi connectivity index (χ1) is 9.11. The van der Waals surface area contributed by atoms with Gasteiger partial charge in [-0.1, -0.05) is 0 Å². The van der Waals surface area contributed by atoms with Gasteiger partial charge in [0.15, 0.2) is 0 Å². The van der Waals surface area contributed by atoms with Crippen molar-refractivity contribution in [3.05, 3.63) is 46.2 Å². The van der Waals surface area contributed by atoms with Gasteiger partial charge in [0.1, 0.15) is 10.6 Å². The van der Waals surface area contributed by atoms with E-state index in [1.807, 2.05) is 0 Å². The van der Waals surface area contributed by atoms with Crippen LogP contribution in [0, 0.1) is 0 Å². The number of aromatic carboxylic acids is 1. The number of hydrogen-bond acceptors (Lipinski definition) is 4. The molecule has 0 radical (unpaired) electrons. The Morgan fingerprint density at radius 1 is 1.32 bits per heavy atom. The van der Waals surface area contributed by atoms with E-state index in [9.17, 15) is 9.00 Å². The summed E-state index contributed by atoms with van der Waals surface area (Å²) in [7, 11) is 0.304. The highest BCUT2D eigenvalue weighted by Crippen LogP contribution is 2.22. The molecule has 0 saturated heterocycles. The van der Waals surface area contributed by atoms with E-state index in [0.29, 0.717) is 16.2 Å². The molecule has 0 aliphatic heterocycles. The lowest BCUT2D eigenvalue weighted by Gasteiger charge is -2.04. The minimum Gasteiger partial charge on any atom is -0.497 e. The summed E-state index contributed by atoms with van der Waals surface area (Å²) in [5.74, 6) is -0.0727. The Kier molecular flexibility index (Phi) is 4.34. The van der Waals surface area contributed by atoms with Crippen LogP contribution >= 0.6 is 11.3 Å². The second-order valence-electron chi connectivity index (χ2n) is 3.75. The summed E-state index contributed by atoms with van der Waals surface area (Å²) in [5, 5.41) is 10.7. The van der Waals surface area contributed by atoms with Crippen molar-refractivity contribution in [2.45, 2.75) is 10.6 Å². The maximum Gasteiger partial charge on any atom is 0.346 e. The van der Waals surface area contributed by atoms with Crippen molar-refractivity contribution in [2.75, 3.05) is 7.11 Å². The first-order valence-electron chi connectivity index (χ1n) is 5.44. The molecule has 100 valence electrons. The average Bonchev–Trinajstić information content (AvgIpc) is 2.87. The van der Waals surface area contributed by atoms with E-state index < -0.39 is 16.8 Å². The van der Waals surface area contributed by atoms with Crippen molar-refractivity contribution in [1.82, 2.24) is 0 Å². The maximum atomic E-state index is 12.2. The van der Waals surface area contributed by atoms with Gasteiger partial charge in [0.05, 0.1) is 23.7 Å². The molecule has 1 aromatic carbocycles. The van der Waals surface area contributed by atoms with Crippen molar-refractivity contribution in [2.24, 2.45) is 0 Å². The molecule has 0 saturated carbocycles. The Labute approximate surface area is 117 Å². The van der Waals surface area contributed by atoms with Gasteiger partial charge in [-0.05, 0) is 41.3 Å². The number of carboxylic acids is 1. The highest BCUT2D eigenvalue weighted by atomic mass is 32.2. The normalized spacial score (nSPS) is 12.1. The molecule has 1 N–H and O–H groups in total. The van der Waals surface area contributed by atoms with Gasteiger partial charge < -0.3 is 9.84 Å². The molecule has 1 heterocycles. The van der Waals surface area contributed by atoms with Gasteiger partial charge in [0.25, 0.3) is 0 Å². The van der Waals surface area contributed by atoms with Crippen LogP contribution in [0.4, 0.5) is 0 Å². The molecule has 4 nitrogen and oxygen atoms in total. The van der Waals surface area contributed by atoms with E-state index in [4.69, 9.17) is 9.84 Å². The summed E-state index contributed by atoms with van der Waals surface area (Å²) in [6.07, 6.45) is 0.